The van der Waals surface area contributed by atoms with E-state index in [1.165, 1.54) is 5.56 Å². The van der Waals surface area contributed by atoms with E-state index in [4.69, 9.17) is 10.5 Å². The van der Waals surface area contributed by atoms with Crippen LogP contribution in [0.15, 0.2) is 24.3 Å². The van der Waals surface area contributed by atoms with Crippen LogP contribution in [0.3, 0.4) is 0 Å². The van der Waals surface area contributed by atoms with E-state index < -0.39 is 6.10 Å². The van der Waals surface area contributed by atoms with Gasteiger partial charge in [-0.05, 0) is 30.4 Å². The largest absolute Gasteiger partial charge is 0.388 e. The molecule has 1 aliphatic rings. The molecule has 0 saturated carbocycles. The average Bonchev–Trinajstić information content (AvgIpc) is 2.47. The SMILES string of the molecule is CCc1ccccc1C(O)C1(CN)CCCOC1. The van der Waals surface area contributed by atoms with Gasteiger partial charge in [-0.2, -0.15) is 0 Å². The molecule has 2 unspecified atom stereocenters. The van der Waals surface area contributed by atoms with Gasteiger partial charge in [0.2, 0.25) is 0 Å². The molecule has 0 aliphatic carbocycles. The van der Waals surface area contributed by atoms with E-state index in [1.54, 1.807) is 0 Å². The lowest BCUT2D eigenvalue weighted by Gasteiger charge is -2.40. The first-order chi connectivity index (χ1) is 8.73. The first-order valence-corrected chi connectivity index (χ1v) is 6.77. The fourth-order valence-corrected chi connectivity index (χ4v) is 2.81. The average molecular weight is 249 g/mol. The third-order valence-corrected chi connectivity index (χ3v) is 4.07. The van der Waals surface area contributed by atoms with Crippen molar-refractivity contribution in [1.29, 1.82) is 0 Å². The molecule has 18 heavy (non-hydrogen) atoms. The number of ether oxygens (including phenoxy) is 1. The van der Waals surface area contributed by atoms with E-state index in [0.29, 0.717) is 13.2 Å². The highest BCUT2D eigenvalue weighted by molar-refractivity contribution is 5.30. The first-order valence-electron chi connectivity index (χ1n) is 6.77. The van der Waals surface area contributed by atoms with Gasteiger partial charge < -0.3 is 15.6 Å². The van der Waals surface area contributed by atoms with Gasteiger partial charge in [-0.25, -0.2) is 0 Å². The van der Waals surface area contributed by atoms with E-state index in [9.17, 15) is 5.11 Å². The number of hydrogen-bond acceptors (Lipinski definition) is 3. The molecule has 2 atom stereocenters. The van der Waals surface area contributed by atoms with E-state index >= 15 is 0 Å². The maximum atomic E-state index is 10.7. The summed E-state index contributed by atoms with van der Waals surface area (Å²) in [6, 6.07) is 8.08. The summed E-state index contributed by atoms with van der Waals surface area (Å²) in [5, 5.41) is 10.7. The van der Waals surface area contributed by atoms with Crippen molar-refractivity contribution in [2.75, 3.05) is 19.8 Å². The van der Waals surface area contributed by atoms with Gasteiger partial charge in [-0.3, -0.25) is 0 Å². The quantitative estimate of drug-likeness (QED) is 0.858. The smallest absolute Gasteiger partial charge is 0.0883 e. The molecule has 1 aromatic rings. The van der Waals surface area contributed by atoms with Gasteiger partial charge >= 0.3 is 0 Å². The van der Waals surface area contributed by atoms with Crippen LogP contribution in [0.4, 0.5) is 0 Å². The van der Waals surface area contributed by atoms with Crippen LogP contribution in [0.1, 0.15) is 37.0 Å². The van der Waals surface area contributed by atoms with Crippen LogP contribution in [0.2, 0.25) is 0 Å². The second-order valence-electron chi connectivity index (χ2n) is 5.18. The Morgan fingerprint density at radius 3 is 2.83 bits per heavy atom. The molecule has 3 heteroatoms. The minimum atomic E-state index is -0.529. The van der Waals surface area contributed by atoms with Gasteiger partial charge in [-0.1, -0.05) is 31.2 Å². The summed E-state index contributed by atoms with van der Waals surface area (Å²) in [5.41, 5.74) is 7.82. The van der Waals surface area contributed by atoms with E-state index in [-0.39, 0.29) is 5.41 Å². The molecular formula is C15H23NO2. The zero-order valence-electron chi connectivity index (χ0n) is 11.1. The van der Waals surface area contributed by atoms with Crippen LogP contribution < -0.4 is 5.73 Å². The molecule has 0 radical (unpaired) electrons. The fraction of sp³-hybridized carbons (Fsp3) is 0.600. The van der Waals surface area contributed by atoms with Crippen LogP contribution >= 0.6 is 0 Å². The lowest BCUT2D eigenvalue weighted by atomic mass is 9.74. The van der Waals surface area contributed by atoms with Crippen molar-refractivity contribution in [3.63, 3.8) is 0 Å². The van der Waals surface area contributed by atoms with Crippen LogP contribution in [0.5, 0.6) is 0 Å². The molecule has 1 heterocycles. The third-order valence-electron chi connectivity index (χ3n) is 4.07. The molecule has 0 aromatic heterocycles. The minimum Gasteiger partial charge on any atom is -0.388 e. The molecule has 1 aliphatic heterocycles. The molecule has 3 N–H and O–H groups in total. The first kappa shape index (κ1) is 13.5. The highest BCUT2D eigenvalue weighted by atomic mass is 16.5. The molecular weight excluding hydrogens is 226 g/mol. The van der Waals surface area contributed by atoms with Gasteiger partial charge in [0.25, 0.3) is 0 Å². The molecule has 1 fully saturated rings. The Kier molecular flexibility index (Phi) is 4.38. The zero-order valence-corrected chi connectivity index (χ0v) is 11.1. The summed E-state index contributed by atoms with van der Waals surface area (Å²) in [7, 11) is 0. The number of hydrogen-bond donors (Lipinski definition) is 2. The van der Waals surface area contributed by atoms with Crippen LogP contribution in [0.25, 0.3) is 0 Å². The van der Waals surface area contributed by atoms with Gasteiger partial charge in [0.05, 0.1) is 12.7 Å². The Balaban J connectivity index is 2.30. The Bertz CT molecular complexity index is 386. The van der Waals surface area contributed by atoms with Crippen LogP contribution in [-0.4, -0.2) is 24.9 Å². The minimum absolute atomic E-state index is 0.316. The fourth-order valence-electron chi connectivity index (χ4n) is 2.81. The van der Waals surface area contributed by atoms with Gasteiger partial charge in [0.1, 0.15) is 0 Å². The Labute approximate surface area is 109 Å². The van der Waals surface area contributed by atoms with Crippen molar-refractivity contribution in [1.82, 2.24) is 0 Å². The number of aryl methyl sites for hydroxylation is 1. The lowest BCUT2D eigenvalue weighted by molar-refractivity contribution is -0.0784. The standard InChI is InChI=1S/C15H23NO2/c1-2-12-6-3-4-7-13(12)14(17)15(10-16)8-5-9-18-11-15/h3-4,6-7,14,17H,2,5,8-11,16H2,1H3. The molecule has 0 bridgehead atoms. The summed E-state index contributed by atoms with van der Waals surface area (Å²) in [6.07, 6.45) is 2.30. The van der Waals surface area contributed by atoms with Gasteiger partial charge in [-0.15, -0.1) is 0 Å². The van der Waals surface area contributed by atoms with Crippen molar-refractivity contribution < 1.29 is 9.84 Å². The monoisotopic (exact) mass is 249 g/mol. The molecule has 100 valence electrons. The number of benzene rings is 1. The second kappa shape index (κ2) is 5.83. The molecule has 2 rings (SSSR count). The third kappa shape index (κ3) is 2.44. The van der Waals surface area contributed by atoms with Gasteiger partial charge in [0.15, 0.2) is 0 Å². The molecule has 0 amide bonds. The summed E-state index contributed by atoms with van der Waals surface area (Å²) >= 11 is 0. The maximum absolute atomic E-state index is 10.7. The van der Waals surface area contributed by atoms with Crippen molar-refractivity contribution in [2.24, 2.45) is 11.1 Å². The van der Waals surface area contributed by atoms with E-state index in [2.05, 4.69) is 13.0 Å². The number of nitrogens with two attached hydrogens (primary N) is 1. The summed E-state index contributed by atoms with van der Waals surface area (Å²) < 4.78 is 5.55. The van der Waals surface area contributed by atoms with Crippen LogP contribution in [0, 0.1) is 5.41 Å². The van der Waals surface area contributed by atoms with Gasteiger partial charge in [0, 0.05) is 18.6 Å². The summed E-state index contributed by atoms with van der Waals surface area (Å²) in [5.74, 6) is 0. The molecule has 3 nitrogen and oxygen atoms in total. The van der Waals surface area contributed by atoms with Crippen molar-refractivity contribution in [3.8, 4) is 0 Å². The number of rotatable bonds is 4. The predicted octanol–water partition coefficient (Wildman–Crippen LogP) is 2.04. The van der Waals surface area contributed by atoms with Crippen molar-refractivity contribution in [3.05, 3.63) is 35.4 Å². The lowest BCUT2D eigenvalue weighted by Crippen LogP contribution is -2.44. The Morgan fingerprint density at radius 2 is 2.22 bits per heavy atom. The molecule has 1 saturated heterocycles. The maximum Gasteiger partial charge on any atom is 0.0883 e. The predicted molar refractivity (Wildman–Crippen MR) is 72.3 cm³/mol. The summed E-state index contributed by atoms with van der Waals surface area (Å²) in [6.45, 7) is 3.91. The number of aliphatic hydroxyl groups is 1. The topological polar surface area (TPSA) is 55.5 Å². The Hall–Kier alpha value is -0.900. The zero-order chi connectivity index (χ0) is 13.0. The summed E-state index contributed by atoms with van der Waals surface area (Å²) in [4.78, 5) is 0. The van der Waals surface area contributed by atoms with E-state index in [1.807, 2.05) is 18.2 Å². The number of aliphatic hydroxyl groups excluding tert-OH is 1. The highest BCUT2D eigenvalue weighted by Gasteiger charge is 2.40. The van der Waals surface area contributed by atoms with Crippen LogP contribution in [-0.2, 0) is 11.2 Å². The van der Waals surface area contributed by atoms with Crippen molar-refractivity contribution >= 4 is 0 Å². The molecule has 0 spiro atoms. The highest BCUT2D eigenvalue weighted by Crippen LogP contribution is 2.41. The van der Waals surface area contributed by atoms with Crippen molar-refractivity contribution in [2.45, 2.75) is 32.3 Å². The van der Waals surface area contributed by atoms with E-state index in [0.717, 1.165) is 31.4 Å². The normalized spacial score (nSPS) is 25.9. The second-order valence-corrected chi connectivity index (χ2v) is 5.18. The molecule has 1 aromatic carbocycles. The Morgan fingerprint density at radius 1 is 1.44 bits per heavy atom.